The summed E-state index contributed by atoms with van der Waals surface area (Å²) in [5.41, 5.74) is 6.11. The summed E-state index contributed by atoms with van der Waals surface area (Å²) in [6, 6.07) is 2.79. The van der Waals surface area contributed by atoms with Crippen molar-refractivity contribution in [2.45, 2.75) is 6.42 Å². The normalized spacial score (nSPS) is 13.6. The van der Waals surface area contributed by atoms with Gasteiger partial charge in [0.25, 0.3) is 0 Å². The number of benzene rings is 1. The zero-order chi connectivity index (χ0) is 10.8. The highest BCUT2D eigenvalue weighted by Crippen LogP contribution is 2.33. The van der Waals surface area contributed by atoms with Crippen LogP contribution in [0.4, 0.5) is 10.1 Å². The Morgan fingerprint density at radius 1 is 1.53 bits per heavy atom. The first-order valence-corrected chi connectivity index (χ1v) is 4.66. The van der Waals surface area contributed by atoms with Gasteiger partial charge in [-0.15, -0.1) is 0 Å². The van der Waals surface area contributed by atoms with Crippen molar-refractivity contribution in [3.05, 3.63) is 23.5 Å². The highest BCUT2D eigenvalue weighted by atomic mass is 19.1. The number of rotatable bonds is 3. The molecule has 0 saturated carbocycles. The van der Waals surface area contributed by atoms with E-state index in [1.165, 1.54) is 12.1 Å². The number of carbonyl (C=O) groups excluding carboxylic acids is 1. The van der Waals surface area contributed by atoms with Crippen LogP contribution < -0.4 is 15.8 Å². The van der Waals surface area contributed by atoms with E-state index in [0.29, 0.717) is 24.5 Å². The molecule has 80 valence electrons. The van der Waals surface area contributed by atoms with E-state index in [4.69, 9.17) is 10.5 Å². The summed E-state index contributed by atoms with van der Waals surface area (Å²) in [7, 11) is 0. The maximum Gasteiger partial charge on any atom is 0.229 e. The Morgan fingerprint density at radius 2 is 2.33 bits per heavy atom. The summed E-state index contributed by atoms with van der Waals surface area (Å²) in [5, 5.41) is 2.46. The average Bonchev–Trinajstić information content (AvgIpc) is 2.60. The molecule has 0 aromatic heterocycles. The number of nitrogens with one attached hydrogen (secondary N) is 1. The molecule has 1 aliphatic heterocycles. The van der Waals surface area contributed by atoms with Gasteiger partial charge in [0.2, 0.25) is 5.91 Å². The van der Waals surface area contributed by atoms with Crippen molar-refractivity contribution in [3.8, 4) is 5.75 Å². The number of carbonyl (C=O) groups is 1. The van der Waals surface area contributed by atoms with Gasteiger partial charge in [-0.1, -0.05) is 0 Å². The summed E-state index contributed by atoms with van der Waals surface area (Å²) in [6.45, 7) is 0.736. The molecule has 1 aliphatic rings. The Morgan fingerprint density at radius 3 is 3.07 bits per heavy atom. The van der Waals surface area contributed by atoms with Crippen LogP contribution in [0.15, 0.2) is 12.1 Å². The molecule has 0 bridgehead atoms. The summed E-state index contributed by atoms with van der Waals surface area (Å²) in [6.07, 6.45) is 0.160. The zero-order valence-electron chi connectivity index (χ0n) is 8.05. The van der Waals surface area contributed by atoms with Gasteiger partial charge in [-0.05, 0) is 12.1 Å². The molecular formula is C10H11FN2O2. The first-order chi connectivity index (χ1) is 7.22. The smallest absolute Gasteiger partial charge is 0.229 e. The van der Waals surface area contributed by atoms with Crippen LogP contribution in [0.3, 0.4) is 0 Å². The molecule has 0 unspecified atom stereocenters. The van der Waals surface area contributed by atoms with Crippen molar-refractivity contribution in [1.82, 2.24) is 0 Å². The predicted octanol–water partition coefficient (Wildman–Crippen LogP) is 0.658. The van der Waals surface area contributed by atoms with Crippen molar-refractivity contribution in [2.24, 2.45) is 5.73 Å². The second-order valence-corrected chi connectivity index (χ2v) is 3.26. The van der Waals surface area contributed by atoms with E-state index in [-0.39, 0.29) is 18.0 Å². The lowest BCUT2D eigenvalue weighted by Gasteiger charge is -2.09. The van der Waals surface area contributed by atoms with Gasteiger partial charge in [0.05, 0.1) is 12.1 Å². The molecule has 3 N–H and O–H groups in total. The molecule has 0 atom stereocenters. The molecule has 0 radical (unpaired) electrons. The quantitative estimate of drug-likeness (QED) is 0.770. The Hall–Kier alpha value is -1.62. The molecule has 1 aromatic carbocycles. The summed E-state index contributed by atoms with van der Waals surface area (Å²) in [5.74, 6) is -0.126. The van der Waals surface area contributed by atoms with Gasteiger partial charge in [-0.3, -0.25) is 4.79 Å². The number of ether oxygens (including phenoxy) is 1. The van der Waals surface area contributed by atoms with Gasteiger partial charge in [-0.2, -0.15) is 0 Å². The molecule has 0 spiro atoms. The van der Waals surface area contributed by atoms with Crippen LogP contribution in [-0.4, -0.2) is 19.1 Å². The van der Waals surface area contributed by atoms with Crippen LogP contribution >= 0.6 is 0 Å². The Labute approximate surface area is 86.2 Å². The third kappa shape index (κ3) is 1.78. The fourth-order valence-electron chi connectivity index (χ4n) is 1.56. The Balaban J connectivity index is 2.34. The maximum absolute atomic E-state index is 13.3. The van der Waals surface area contributed by atoms with Crippen molar-refractivity contribution in [1.29, 1.82) is 0 Å². The fraction of sp³-hybridized carbons (Fsp3) is 0.300. The van der Waals surface area contributed by atoms with Crippen LogP contribution in [0.2, 0.25) is 0 Å². The van der Waals surface area contributed by atoms with Crippen molar-refractivity contribution < 1.29 is 13.9 Å². The molecule has 1 heterocycles. The fourth-order valence-corrected chi connectivity index (χ4v) is 1.56. The second-order valence-electron chi connectivity index (χ2n) is 3.26. The minimum atomic E-state index is -0.434. The predicted molar refractivity (Wildman–Crippen MR) is 53.3 cm³/mol. The van der Waals surface area contributed by atoms with Gasteiger partial charge in [0, 0.05) is 12.1 Å². The van der Waals surface area contributed by atoms with E-state index >= 15 is 0 Å². The van der Waals surface area contributed by atoms with Crippen LogP contribution in [0.5, 0.6) is 5.75 Å². The molecule has 2 rings (SSSR count). The number of halogens is 1. The SMILES string of the molecule is NCCOc1ccc(F)c2c1CC(=O)N2. The van der Waals surface area contributed by atoms with Crippen molar-refractivity contribution in [2.75, 3.05) is 18.5 Å². The van der Waals surface area contributed by atoms with Crippen LogP contribution in [-0.2, 0) is 11.2 Å². The van der Waals surface area contributed by atoms with Gasteiger partial charge >= 0.3 is 0 Å². The van der Waals surface area contributed by atoms with Gasteiger partial charge in [-0.25, -0.2) is 4.39 Å². The van der Waals surface area contributed by atoms with Crippen molar-refractivity contribution >= 4 is 11.6 Å². The van der Waals surface area contributed by atoms with Crippen LogP contribution in [0.1, 0.15) is 5.56 Å². The minimum Gasteiger partial charge on any atom is -0.492 e. The van der Waals surface area contributed by atoms with Gasteiger partial charge in [0.15, 0.2) is 0 Å². The number of anilines is 1. The molecule has 0 aliphatic carbocycles. The zero-order valence-corrected chi connectivity index (χ0v) is 8.05. The lowest BCUT2D eigenvalue weighted by atomic mass is 10.1. The molecule has 0 fully saturated rings. The summed E-state index contributed by atoms with van der Waals surface area (Å²) < 4.78 is 18.6. The first kappa shape index (κ1) is 9.92. The van der Waals surface area contributed by atoms with E-state index in [9.17, 15) is 9.18 Å². The number of nitrogens with two attached hydrogens (primary N) is 1. The largest absolute Gasteiger partial charge is 0.492 e. The molecule has 1 aromatic rings. The lowest BCUT2D eigenvalue weighted by Crippen LogP contribution is -2.11. The van der Waals surface area contributed by atoms with Crippen LogP contribution in [0, 0.1) is 5.82 Å². The van der Waals surface area contributed by atoms with Crippen LogP contribution in [0.25, 0.3) is 0 Å². The van der Waals surface area contributed by atoms with Gasteiger partial charge < -0.3 is 15.8 Å². The third-order valence-electron chi connectivity index (χ3n) is 2.20. The second kappa shape index (κ2) is 3.86. The number of fused-ring (bicyclic) bond motifs is 1. The third-order valence-corrected chi connectivity index (χ3v) is 2.20. The highest BCUT2D eigenvalue weighted by molar-refractivity contribution is 6.00. The van der Waals surface area contributed by atoms with E-state index in [1.807, 2.05) is 0 Å². The standard InChI is InChI=1S/C10H11FN2O2/c11-7-1-2-8(15-4-3-12)6-5-9(14)13-10(6)7/h1-2H,3-5,12H2,(H,13,14). The average molecular weight is 210 g/mol. The molecule has 0 saturated heterocycles. The van der Waals surface area contributed by atoms with E-state index in [1.54, 1.807) is 0 Å². The molecule has 15 heavy (non-hydrogen) atoms. The topological polar surface area (TPSA) is 64.3 Å². The highest BCUT2D eigenvalue weighted by Gasteiger charge is 2.24. The van der Waals surface area contributed by atoms with E-state index < -0.39 is 5.82 Å². The molecule has 4 nitrogen and oxygen atoms in total. The minimum absolute atomic E-state index is 0.160. The maximum atomic E-state index is 13.3. The summed E-state index contributed by atoms with van der Waals surface area (Å²) >= 11 is 0. The van der Waals surface area contributed by atoms with E-state index in [0.717, 1.165) is 0 Å². The number of amides is 1. The molecular weight excluding hydrogens is 199 g/mol. The number of hydrogen-bond acceptors (Lipinski definition) is 3. The molecule has 5 heteroatoms. The Kier molecular flexibility index (Phi) is 2.55. The monoisotopic (exact) mass is 210 g/mol. The lowest BCUT2D eigenvalue weighted by molar-refractivity contribution is -0.115. The number of hydrogen-bond donors (Lipinski definition) is 2. The van der Waals surface area contributed by atoms with Crippen molar-refractivity contribution in [3.63, 3.8) is 0 Å². The van der Waals surface area contributed by atoms with Gasteiger partial charge in [0.1, 0.15) is 18.2 Å². The first-order valence-electron chi connectivity index (χ1n) is 4.66. The summed E-state index contributed by atoms with van der Waals surface area (Å²) in [4.78, 5) is 11.1. The Bertz CT molecular complexity index is 407. The van der Waals surface area contributed by atoms with E-state index in [2.05, 4.69) is 5.32 Å². The molecule has 1 amide bonds.